The van der Waals surface area contributed by atoms with E-state index in [-0.39, 0.29) is 24.5 Å². The first-order valence-corrected chi connectivity index (χ1v) is 11.3. The zero-order valence-electron chi connectivity index (χ0n) is 19.0. The van der Waals surface area contributed by atoms with E-state index >= 15 is 0 Å². The molecule has 0 aliphatic rings. The fourth-order valence-electron chi connectivity index (χ4n) is 3.04. The number of thiol groups is 1. The number of nitrogens with one attached hydrogen (secondary N) is 3. The highest BCUT2D eigenvalue weighted by molar-refractivity contribution is 7.80. The third kappa shape index (κ3) is 9.80. The summed E-state index contributed by atoms with van der Waals surface area (Å²) in [5.74, 6) is -3.34. The summed E-state index contributed by atoms with van der Waals surface area (Å²) in [4.78, 5) is 49.5. The second kappa shape index (κ2) is 13.8. The van der Waals surface area contributed by atoms with Crippen LogP contribution in [0.25, 0.3) is 0 Å². The number of nitrogens with two attached hydrogens (primary N) is 1. The van der Waals surface area contributed by atoms with Crippen LogP contribution in [0.1, 0.15) is 32.8 Å². The van der Waals surface area contributed by atoms with Crippen molar-refractivity contribution >= 4 is 36.3 Å². The molecule has 184 valence electrons. The molecule has 0 heterocycles. The highest BCUT2D eigenvalue weighted by Gasteiger charge is 2.32. The highest BCUT2D eigenvalue weighted by atomic mass is 32.1. The number of hydrogen-bond donors (Lipinski definition) is 7. The molecule has 0 radical (unpaired) electrons. The van der Waals surface area contributed by atoms with Crippen molar-refractivity contribution in [1.29, 1.82) is 0 Å². The van der Waals surface area contributed by atoms with Gasteiger partial charge in [-0.25, -0.2) is 4.79 Å². The van der Waals surface area contributed by atoms with Gasteiger partial charge < -0.3 is 31.9 Å². The van der Waals surface area contributed by atoms with Gasteiger partial charge in [-0.2, -0.15) is 12.6 Å². The summed E-state index contributed by atoms with van der Waals surface area (Å²) in [6, 6.07) is 4.22. The van der Waals surface area contributed by atoms with Gasteiger partial charge in [0.05, 0.1) is 12.1 Å². The predicted octanol–water partition coefficient (Wildman–Crippen LogP) is -0.548. The molecule has 0 saturated carbocycles. The number of amides is 3. The van der Waals surface area contributed by atoms with Crippen molar-refractivity contribution < 1.29 is 29.4 Å². The second-order valence-corrected chi connectivity index (χ2v) is 8.66. The number of carbonyl (C=O) groups is 4. The molecule has 3 amide bonds. The Morgan fingerprint density at radius 1 is 0.939 bits per heavy atom. The molecular weight excluding hydrogens is 448 g/mol. The minimum atomic E-state index is -1.36. The maximum Gasteiger partial charge on any atom is 0.326 e. The van der Waals surface area contributed by atoms with Crippen molar-refractivity contribution in [2.45, 2.75) is 63.9 Å². The third-order valence-corrected chi connectivity index (χ3v) is 5.23. The molecule has 0 aromatic heterocycles. The lowest BCUT2D eigenvalue weighted by Gasteiger charge is -2.27. The zero-order chi connectivity index (χ0) is 25.1. The lowest BCUT2D eigenvalue weighted by atomic mass is 10.0. The number of rotatable bonds is 13. The first kappa shape index (κ1) is 28.4. The topological polar surface area (TPSA) is 171 Å². The van der Waals surface area contributed by atoms with Gasteiger partial charge in [0.1, 0.15) is 18.1 Å². The normalized spacial score (nSPS) is 15.6. The Morgan fingerprint density at radius 2 is 1.52 bits per heavy atom. The highest BCUT2D eigenvalue weighted by Crippen LogP contribution is 2.09. The number of carboxylic acids is 1. The fourth-order valence-corrected chi connectivity index (χ4v) is 3.20. The van der Waals surface area contributed by atoms with Crippen LogP contribution in [0.3, 0.4) is 0 Å². The van der Waals surface area contributed by atoms with Gasteiger partial charge in [-0.1, -0.05) is 44.2 Å². The van der Waals surface area contributed by atoms with Crippen molar-refractivity contribution in [3.8, 4) is 0 Å². The van der Waals surface area contributed by atoms with Gasteiger partial charge in [-0.15, -0.1) is 0 Å². The quantitative estimate of drug-likeness (QED) is 0.185. The molecule has 11 heteroatoms. The lowest BCUT2D eigenvalue weighted by Crippen LogP contribution is -2.60. The number of carbonyl (C=O) groups excluding carboxylic acids is 3. The van der Waals surface area contributed by atoms with E-state index in [2.05, 4.69) is 28.6 Å². The molecule has 0 saturated heterocycles. The van der Waals surface area contributed by atoms with E-state index in [4.69, 9.17) is 5.73 Å². The summed E-state index contributed by atoms with van der Waals surface area (Å²) >= 11 is 3.93. The second-order valence-electron chi connectivity index (χ2n) is 8.30. The molecule has 5 unspecified atom stereocenters. The molecule has 0 aliphatic heterocycles. The van der Waals surface area contributed by atoms with Crippen molar-refractivity contribution in [2.75, 3.05) is 5.75 Å². The van der Waals surface area contributed by atoms with E-state index in [9.17, 15) is 29.4 Å². The monoisotopic (exact) mass is 482 g/mol. The summed E-state index contributed by atoms with van der Waals surface area (Å²) in [6.07, 6.45) is -0.988. The van der Waals surface area contributed by atoms with E-state index < -0.39 is 54.0 Å². The molecule has 1 rings (SSSR count). The molecule has 1 aromatic rings. The average molecular weight is 483 g/mol. The first-order valence-electron chi connectivity index (χ1n) is 10.7. The van der Waals surface area contributed by atoms with Crippen molar-refractivity contribution in [2.24, 2.45) is 11.7 Å². The summed E-state index contributed by atoms with van der Waals surface area (Å²) < 4.78 is 0. The van der Waals surface area contributed by atoms with E-state index in [1.165, 1.54) is 6.92 Å². The molecule has 0 spiro atoms. The Hall–Kier alpha value is -2.63. The van der Waals surface area contributed by atoms with Gasteiger partial charge in [0.2, 0.25) is 17.7 Å². The Labute approximate surface area is 199 Å². The maximum absolute atomic E-state index is 12.9. The van der Waals surface area contributed by atoms with Crippen LogP contribution < -0.4 is 21.7 Å². The van der Waals surface area contributed by atoms with Crippen LogP contribution >= 0.6 is 12.6 Å². The fraction of sp³-hybridized carbons (Fsp3) is 0.545. The SMILES string of the molecule is CC(C)CC(NC(=O)C(NC(=O)C(N)CS)C(C)O)C(=O)NC(Cc1ccccc1)C(=O)O. The Morgan fingerprint density at radius 3 is 2.00 bits per heavy atom. The van der Waals surface area contributed by atoms with Crippen molar-refractivity contribution in [1.82, 2.24) is 16.0 Å². The minimum Gasteiger partial charge on any atom is -0.480 e. The van der Waals surface area contributed by atoms with Crippen LogP contribution in [0.5, 0.6) is 0 Å². The van der Waals surface area contributed by atoms with Crippen LogP contribution in [0.4, 0.5) is 0 Å². The zero-order valence-corrected chi connectivity index (χ0v) is 19.9. The van der Waals surface area contributed by atoms with Crippen LogP contribution in [0, 0.1) is 5.92 Å². The average Bonchev–Trinajstić information content (AvgIpc) is 2.75. The standard InChI is InChI=1S/C22H34N4O6S/c1-12(2)9-16(24-21(30)18(13(3)27)26-19(28)15(23)11-33)20(29)25-17(22(31)32)10-14-7-5-4-6-8-14/h4-8,12-13,15-18,27,33H,9-11,23H2,1-3H3,(H,24,30)(H,25,29)(H,26,28)(H,31,32). The van der Waals surface area contributed by atoms with Crippen LogP contribution in [0.2, 0.25) is 0 Å². The molecule has 0 bridgehead atoms. The number of aliphatic carboxylic acids is 1. The van der Waals surface area contributed by atoms with Gasteiger partial charge in [0.15, 0.2) is 0 Å². The molecular formula is C22H34N4O6S. The molecule has 5 atom stereocenters. The summed E-state index contributed by atoms with van der Waals surface area (Å²) in [5.41, 5.74) is 6.33. The van der Waals surface area contributed by atoms with Gasteiger partial charge in [0.25, 0.3) is 0 Å². The van der Waals surface area contributed by atoms with Crippen molar-refractivity contribution in [3.05, 3.63) is 35.9 Å². The maximum atomic E-state index is 12.9. The number of benzene rings is 1. The minimum absolute atomic E-state index is 0.0179. The number of carboxylic acid groups (broad SMARTS) is 1. The largest absolute Gasteiger partial charge is 0.480 e. The molecule has 0 fully saturated rings. The summed E-state index contributed by atoms with van der Waals surface area (Å²) in [7, 11) is 0. The van der Waals surface area contributed by atoms with Crippen LogP contribution in [0.15, 0.2) is 30.3 Å². The van der Waals surface area contributed by atoms with Gasteiger partial charge in [0, 0.05) is 12.2 Å². The van der Waals surface area contributed by atoms with E-state index in [1.54, 1.807) is 30.3 Å². The Balaban J connectivity index is 2.97. The molecule has 10 nitrogen and oxygen atoms in total. The lowest BCUT2D eigenvalue weighted by molar-refractivity contribution is -0.142. The predicted molar refractivity (Wildman–Crippen MR) is 127 cm³/mol. The van der Waals surface area contributed by atoms with E-state index in [0.29, 0.717) is 0 Å². The number of hydrogen-bond acceptors (Lipinski definition) is 7. The first-order chi connectivity index (χ1) is 15.5. The third-order valence-electron chi connectivity index (χ3n) is 4.83. The van der Waals surface area contributed by atoms with Gasteiger partial charge in [-0.05, 0) is 24.8 Å². The molecule has 7 N–H and O–H groups in total. The van der Waals surface area contributed by atoms with E-state index in [1.807, 2.05) is 13.8 Å². The molecule has 33 heavy (non-hydrogen) atoms. The van der Waals surface area contributed by atoms with Gasteiger partial charge >= 0.3 is 5.97 Å². The van der Waals surface area contributed by atoms with Gasteiger partial charge in [-0.3, -0.25) is 14.4 Å². The number of aliphatic hydroxyl groups is 1. The summed E-state index contributed by atoms with van der Waals surface area (Å²) in [6.45, 7) is 4.99. The molecule has 0 aliphatic carbocycles. The van der Waals surface area contributed by atoms with Crippen LogP contribution in [-0.4, -0.2) is 69.9 Å². The molecule has 1 aromatic carbocycles. The smallest absolute Gasteiger partial charge is 0.326 e. The van der Waals surface area contributed by atoms with E-state index in [0.717, 1.165) is 5.56 Å². The Bertz CT molecular complexity index is 805. The van der Waals surface area contributed by atoms with Crippen LogP contribution in [-0.2, 0) is 25.6 Å². The summed E-state index contributed by atoms with van der Waals surface area (Å²) in [5, 5.41) is 26.9. The number of aliphatic hydroxyl groups excluding tert-OH is 1. The van der Waals surface area contributed by atoms with Crippen molar-refractivity contribution in [3.63, 3.8) is 0 Å². The Kier molecular flexibility index (Phi) is 11.9.